The number of methoxy groups -OCH3 is 1. The Hall–Kier alpha value is -2.54. The molecule has 0 bridgehead atoms. The number of ether oxygens (including phenoxy) is 1. The van der Waals surface area contributed by atoms with Crippen LogP contribution in [0.15, 0.2) is 30.3 Å². The third-order valence-corrected chi connectivity index (χ3v) is 3.77. The molecule has 0 spiro atoms. The van der Waals surface area contributed by atoms with Crippen LogP contribution in [-0.2, 0) is 9.53 Å². The molecule has 5 nitrogen and oxygen atoms in total. The lowest BCUT2D eigenvalue weighted by Gasteiger charge is -1.97. The standard InChI is InChI=1S/C15H13FN2O3S/c1-9-13(14(20)21-2)22-15(17-9)18-12(19)8-7-10-5-3-4-6-11(10)16/h3-8H,1-2H3,(H,17,18,19). The van der Waals surface area contributed by atoms with Gasteiger partial charge in [0.25, 0.3) is 0 Å². The minimum atomic E-state index is -0.502. The number of thiazole rings is 1. The number of halogens is 1. The van der Waals surface area contributed by atoms with Crippen molar-refractivity contribution >= 4 is 34.4 Å². The van der Waals surface area contributed by atoms with E-state index in [2.05, 4.69) is 15.0 Å². The van der Waals surface area contributed by atoms with Gasteiger partial charge in [0.05, 0.1) is 12.8 Å². The van der Waals surface area contributed by atoms with E-state index in [0.717, 1.165) is 11.3 Å². The summed E-state index contributed by atoms with van der Waals surface area (Å²) in [5.41, 5.74) is 0.786. The number of rotatable bonds is 4. The normalized spacial score (nSPS) is 10.7. The molecule has 0 fully saturated rings. The maximum atomic E-state index is 13.4. The van der Waals surface area contributed by atoms with Crippen LogP contribution in [0, 0.1) is 12.7 Å². The average molecular weight is 320 g/mol. The van der Waals surface area contributed by atoms with Crippen molar-refractivity contribution in [2.24, 2.45) is 0 Å². The molecule has 0 aliphatic heterocycles. The van der Waals surface area contributed by atoms with Gasteiger partial charge in [-0.3, -0.25) is 10.1 Å². The smallest absolute Gasteiger partial charge is 0.350 e. The van der Waals surface area contributed by atoms with Crippen LogP contribution in [0.4, 0.5) is 9.52 Å². The highest BCUT2D eigenvalue weighted by Gasteiger charge is 2.16. The predicted octanol–water partition coefficient (Wildman–Crippen LogP) is 3.03. The summed E-state index contributed by atoms with van der Waals surface area (Å²) in [6.07, 6.45) is 2.57. The molecule has 0 aliphatic rings. The molecular formula is C15H13FN2O3S. The molecule has 22 heavy (non-hydrogen) atoms. The third-order valence-electron chi connectivity index (χ3n) is 2.72. The van der Waals surface area contributed by atoms with Crippen LogP contribution < -0.4 is 5.32 Å². The van der Waals surface area contributed by atoms with E-state index in [-0.39, 0.29) is 5.13 Å². The number of amides is 1. The zero-order chi connectivity index (χ0) is 16.1. The Bertz CT molecular complexity index is 740. The number of benzene rings is 1. The van der Waals surface area contributed by atoms with Gasteiger partial charge in [-0.05, 0) is 19.1 Å². The lowest BCUT2D eigenvalue weighted by atomic mass is 10.2. The van der Waals surface area contributed by atoms with Crippen LogP contribution >= 0.6 is 11.3 Å². The van der Waals surface area contributed by atoms with Gasteiger partial charge in [0, 0.05) is 11.6 Å². The second-order valence-electron chi connectivity index (χ2n) is 4.27. The topological polar surface area (TPSA) is 68.3 Å². The van der Waals surface area contributed by atoms with E-state index in [1.165, 1.54) is 25.3 Å². The summed E-state index contributed by atoms with van der Waals surface area (Å²) in [5, 5.41) is 2.80. The first kappa shape index (κ1) is 15.8. The van der Waals surface area contributed by atoms with Crippen LogP contribution in [0.5, 0.6) is 0 Å². The van der Waals surface area contributed by atoms with Gasteiger partial charge in [0.15, 0.2) is 5.13 Å². The minimum Gasteiger partial charge on any atom is -0.465 e. The number of hydrogen-bond acceptors (Lipinski definition) is 5. The van der Waals surface area contributed by atoms with Crippen molar-refractivity contribution in [3.05, 3.63) is 52.3 Å². The molecule has 114 valence electrons. The highest BCUT2D eigenvalue weighted by Crippen LogP contribution is 2.23. The molecular weight excluding hydrogens is 307 g/mol. The highest BCUT2D eigenvalue weighted by molar-refractivity contribution is 7.17. The van der Waals surface area contributed by atoms with Gasteiger partial charge in [-0.1, -0.05) is 29.5 Å². The first-order chi connectivity index (χ1) is 10.5. The van der Waals surface area contributed by atoms with E-state index < -0.39 is 17.7 Å². The Morgan fingerprint density at radius 2 is 2.09 bits per heavy atom. The fourth-order valence-electron chi connectivity index (χ4n) is 1.65. The summed E-state index contributed by atoms with van der Waals surface area (Å²) >= 11 is 1.02. The lowest BCUT2D eigenvalue weighted by Crippen LogP contribution is -2.07. The molecule has 2 rings (SSSR count). The van der Waals surface area contributed by atoms with Gasteiger partial charge in [-0.25, -0.2) is 14.2 Å². The summed E-state index contributed by atoms with van der Waals surface area (Å²) in [4.78, 5) is 27.6. The number of carbonyl (C=O) groups excluding carboxylic acids is 2. The van der Waals surface area contributed by atoms with E-state index in [1.54, 1.807) is 25.1 Å². The van der Waals surface area contributed by atoms with Crippen LogP contribution in [0.2, 0.25) is 0 Å². The molecule has 1 amide bonds. The predicted molar refractivity (Wildman–Crippen MR) is 82.3 cm³/mol. The summed E-state index contributed by atoms with van der Waals surface area (Å²) in [6, 6.07) is 6.11. The number of esters is 1. The molecule has 1 heterocycles. The molecule has 0 atom stereocenters. The number of nitrogens with one attached hydrogen (secondary N) is 1. The number of anilines is 1. The molecule has 0 saturated carbocycles. The zero-order valence-electron chi connectivity index (χ0n) is 11.9. The summed E-state index contributed by atoms with van der Waals surface area (Å²) in [6.45, 7) is 1.65. The number of hydrogen-bond donors (Lipinski definition) is 1. The molecule has 7 heteroatoms. The molecule has 0 aliphatic carbocycles. The van der Waals surface area contributed by atoms with Gasteiger partial charge < -0.3 is 4.74 Å². The van der Waals surface area contributed by atoms with E-state index >= 15 is 0 Å². The Morgan fingerprint density at radius 3 is 2.77 bits per heavy atom. The fourth-order valence-corrected chi connectivity index (χ4v) is 2.54. The SMILES string of the molecule is COC(=O)c1sc(NC(=O)C=Cc2ccccc2F)nc1C. The second-order valence-corrected chi connectivity index (χ2v) is 5.27. The van der Waals surface area contributed by atoms with Crippen molar-refractivity contribution in [1.29, 1.82) is 0 Å². The molecule has 0 unspecified atom stereocenters. The Labute approximate surface area is 130 Å². The van der Waals surface area contributed by atoms with Crippen molar-refractivity contribution in [3.63, 3.8) is 0 Å². The van der Waals surface area contributed by atoms with E-state index in [0.29, 0.717) is 16.1 Å². The van der Waals surface area contributed by atoms with Gasteiger partial charge in [0.1, 0.15) is 10.7 Å². The monoisotopic (exact) mass is 320 g/mol. The molecule has 2 aromatic rings. The molecule has 1 aromatic carbocycles. The van der Waals surface area contributed by atoms with Crippen molar-refractivity contribution in [3.8, 4) is 0 Å². The summed E-state index contributed by atoms with van der Waals surface area (Å²) < 4.78 is 18.0. The molecule has 0 radical (unpaired) electrons. The Morgan fingerprint density at radius 1 is 1.36 bits per heavy atom. The molecule has 1 aromatic heterocycles. The molecule has 0 saturated heterocycles. The summed E-state index contributed by atoms with van der Waals surface area (Å²) in [5.74, 6) is -1.38. The minimum absolute atomic E-state index is 0.279. The average Bonchev–Trinajstić information content (AvgIpc) is 2.86. The highest BCUT2D eigenvalue weighted by atomic mass is 32.1. The van der Waals surface area contributed by atoms with Gasteiger partial charge >= 0.3 is 5.97 Å². The van der Waals surface area contributed by atoms with E-state index in [1.807, 2.05) is 0 Å². The number of aromatic nitrogens is 1. The van der Waals surface area contributed by atoms with Gasteiger partial charge in [-0.2, -0.15) is 0 Å². The largest absolute Gasteiger partial charge is 0.465 e. The van der Waals surface area contributed by atoms with E-state index in [9.17, 15) is 14.0 Å². The number of carbonyl (C=O) groups is 2. The number of nitrogens with zero attached hydrogens (tertiary/aromatic N) is 1. The third kappa shape index (κ3) is 3.76. The van der Waals surface area contributed by atoms with Crippen LogP contribution in [0.3, 0.4) is 0 Å². The Balaban J connectivity index is 2.07. The maximum absolute atomic E-state index is 13.4. The number of aryl methyl sites for hydroxylation is 1. The van der Waals surface area contributed by atoms with Crippen molar-refractivity contribution < 1.29 is 18.7 Å². The van der Waals surface area contributed by atoms with Crippen molar-refractivity contribution in [1.82, 2.24) is 4.98 Å². The van der Waals surface area contributed by atoms with Crippen molar-refractivity contribution in [2.45, 2.75) is 6.92 Å². The second kappa shape index (κ2) is 6.95. The van der Waals surface area contributed by atoms with E-state index in [4.69, 9.17) is 0 Å². The quantitative estimate of drug-likeness (QED) is 0.694. The Kier molecular flexibility index (Phi) is 5.00. The van der Waals surface area contributed by atoms with Gasteiger partial charge in [-0.15, -0.1) is 0 Å². The first-order valence-electron chi connectivity index (χ1n) is 6.30. The molecule has 1 N–H and O–H groups in total. The van der Waals surface area contributed by atoms with Crippen LogP contribution in [-0.4, -0.2) is 24.0 Å². The fraction of sp³-hybridized carbons (Fsp3) is 0.133. The first-order valence-corrected chi connectivity index (χ1v) is 7.12. The summed E-state index contributed by atoms with van der Waals surface area (Å²) in [7, 11) is 1.27. The van der Waals surface area contributed by atoms with Crippen LogP contribution in [0.1, 0.15) is 20.9 Å². The zero-order valence-corrected chi connectivity index (χ0v) is 12.7. The van der Waals surface area contributed by atoms with Crippen LogP contribution in [0.25, 0.3) is 6.08 Å². The maximum Gasteiger partial charge on any atom is 0.350 e. The van der Waals surface area contributed by atoms with Gasteiger partial charge in [0.2, 0.25) is 5.91 Å². The van der Waals surface area contributed by atoms with Crippen molar-refractivity contribution in [2.75, 3.05) is 12.4 Å². The lowest BCUT2D eigenvalue weighted by molar-refractivity contribution is -0.111.